The molecule has 83 valence electrons. The molecule has 0 heterocycles. The van der Waals surface area contributed by atoms with Crippen molar-refractivity contribution in [1.82, 2.24) is 0 Å². The number of benzene rings is 1. The largest absolute Gasteiger partial charge is 0.543 e. The van der Waals surface area contributed by atoms with E-state index in [9.17, 15) is 13.2 Å². The molecule has 6 heteroatoms. The van der Waals surface area contributed by atoms with E-state index >= 15 is 0 Å². The normalized spacial score (nSPS) is 11.9. The topological polar surface area (TPSA) is 9.23 Å². The Bertz CT molecular complexity index is 352. The molecule has 0 fully saturated rings. The van der Waals surface area contributed by atoms with Crippen LogP contribution in [0.3, 0.4) is 0 Å². The lowest BCUT2D eigenvalue weighted by Gasteiger charge is -2.13. The van der Waals surface area contributed by atoms with Gasteiger partial charge in [-0.3, -0.25) is 0 Å². The van der Waals surface area contributed by atoms with E-state index in [4.69, 9.17) is 4.43 Å². The molecule has 0 atom stereocenters. The number of rotatable bonds is 2. The summed E-state index contributed by atoms with van der Waals surface area (Å²) in [5.74, 6) is 0.293. The van der Waals surface area contributed by atoms with E-state index in [1.165, 1.54) is 6.07 Å². The molecule has 0 bridgehead atoms. The molecule has 0 amide bonds. The van der Waals surface area contributed by atoms with E-state index in [2.05, 4.69) is 0 Å². The minimum absolute atomic E-state index is 0.188. The van der Waals surface area contributed by atoms with Crippen molar-refractivity contribution < 1.29 is 17.6 Å². The van der Waals surface area contributed by atoms with Gasteiger partial charge in [-0.05, 0) is 53.9 Å². The number of hydrogen-bond donors (Lipinski definition) is 0. The van der Waals surface area contributed by atoms with Crippen LogP contribution in [0.1, 0.15) is 5.56 Å². The van der Waals surface area contributed by atoms with Crippen molar-refractivity contribution in [2.24, 2.45) is 0 Å². The Morgan fingerprint density at radius 1 is 1.27 bits per heavy atom. The second-order valence-corrected chi connectivity index (χ2v) is 6.33. The van der Waals surface area contributed by atoms with E-state index in [-0.39, 0.29) is 3.57 Å². The third kappa shape index (κ3) is 3.67. The van der Waals surface area contributed by atoms with Gasteiger partial charge in [-0.1, -0.05) is 0 Å². The first kappa shape index (κ1) is 12.8. The maximum Gasteiger partial charge on any atom is 0.417 e. The van der Waals surface area contributed by atoms with Crippen LogP contribution in [-0.4, -0.2) is 9.04 Å². The molecule has 0 N–H and O–H groups in total. The van der Waals surface area contributed by atoms with Crippen LogP contribution in [0.2, 0.25) is 13.1 Å². The van der Waals surface area contributed by atoms with E-state index in [0.29, 0.717) is 5.75 Å². The van der Waals surface area contributed by atoms with E-state index < -0.39 is 20.8 Å². The maximum atomic E-state index is 12.5. The zero-order valence-electron chi connectivity index (χ0n) is 8.15. The Labute approximate surface area is 101 Å². The fourth-order valence-corrected chi connectivity index (χ4v) is 2.26. The fraction of sp³-hybridized carbons (Fsp3) is 0.333. The van der Waals surface area contributed by atoms with E-state index in [1.54, 1.807) is 28.7 Å². The van der Waals surface area contributed by atoms with E-state index in [1.807, 2.05) is 13.1 Å². The van der Waals surface area contributed by atoms with Crippen LogP contribution in [0.15, 0.2) is 18.2 Å². The standard InChI is InChI=1S/C9H9F3IOSi/c1-15(2)14-6-3-4-8(13)7(5-6)9(10,11)12/h3-5H,1-2H3. The predicted molar refractivity (Wildman–Crippen MR) is 62.3 cm³/mol. The van der Waals surface area contributed by atoms with Crippen LogP contribution in [0.5, 0.6) is 5.75 Å². The summed E-state index contributed by atoms with van der Waals surface area (Å²) < 4.78 is 43.0. The first-order valence-electron chi connectivity index (χ1n) is 4.15. The number of halogens is 4. The summed E-state index contributed by atoms with van der Waals surface area (Å²) in [4.78, 5) is 0. The summed E-state index contributed by atoms with van der Waals surface area (Å²) in [5.41, 5.74) is -0.635. The monoisotopic (exact) mass is 345 g/mol. The van der Waals surface area contributed by atoms with Crippen molar-refractivity contribution in [2.75, 3.05) is 0 Å². The molecule has 0 spiro atoms. The van der Waals surface area contributed by atoms with Gasteiger partial charge in [0.05, 0.1) is 5.56 Å². The van der Waals surface area contributed by atoms with Gasteiger partial charge in [-0.15, -0.1) is 0 Å². The van der Waals surface area contributed by atoms with Gasteiger partial charge in [0.2, 0.25) is 0 Å². The van der Waals surface area contributed by atoms with Gasteiger partial charge >= 0.3 is 6.18 Å². The average Bonchev–Trinajstić information content (AvgIpc) is 2.05. The summed E-state index contributed by atoms with van der Waals surface area (Å²) in [6.45, 7) is 3.74. The van der Waals surface area contributed by atoms with Crippen molar-refractivity contribution in [3.05, 3.63) is 27.3 Å². The summed E-state index contributed by atoms with van der Waals surface area (Å²) >= 11 is 1.67. The molecule has 15 heavy (non-hydrogen) atoms. The van der Waals surface area contributed by atoms with Crippen molar-refractivity contribution in [3.8, 4) is 5.75 Å². The molecule has 0 saturated heterocycles. The van der Waals surface area contributed by atoms with Crippen LogP contribution in [0, 0.1) is 3.57 Å². The van der Waals surface area contributed by atoms with Crippen molar-refractivity contribution in [3.63, 3.8) is 0 Å². The summed E-state index contributed by atoms with van der Waals surface area (Å²) in [6, 6.07) is 4.04. The molecule has 1 nitrogen and oxygen atoms in total. The van der Waals surface area contributed by atoms with Crippen LogP contribution < -0.4 is 4.43 Å². The smallest absolute Gasteiger partial charge is 0.417 e. The lowest BCUT2D eigenvalue weighted by molar-refractivity contribution is -0.138. The van der Waals surface area contributed by atoms with Gasteiger partial charge < -0.3 is 4.43 Å². The predicted octanol–water partition coefficient (Wildman–Crippen LogP) is 3.94. The third-order valence-electron chi connectivity index (χ3n) is 1.57. The van der Waals surface area contributed by atoms with Crippen molar-refractivity contribution >= 4 is 31.6 Å². The molecule has 0 aromatic heterocycles. The van der Waals surface area contributed by atoms with Gasteiger partial charge in [0, 0.05) is 3.57 Å². The molecular formula is C9H9F3IOSi. The molecule has 1 aromatic carbocycles. The highest BCUT2D eigenvalue weighted by Crippen LogP contribution is 2.35. The molecule has 1 radical (unpaired) electrons. The highest BCUT2D eigenvalue weighted by atomic mass is 127. The highest BCUT2D eigenvalue weighted by Gasteiger charge is 2.33. The maximum absolute atomic E-state index is 12.5. The minimum atomic E-state index is -4.32. The quantitative estimate of drug-likeness (QED) is 0.583. The number of hydrogen-bond acceptors (Lipinski definition) is 1. The average molecular weight is 345 g/mol. The van der Waals surface area contributed by atoms with Gasteiger partial charge in [0.1, 0.15) is 5.75 Å². The zero-order chi connectivity index (χ0) is 11.6. The molecule has 0 aliphatic rings. The Morgan fingerprint density at radius 2 is 1.87 bits per heavy atom. The first-order chi connectivity index (χ1) is 6.80. The fourth-order valence-electron chi connectivity index (χ4n) is 1.02. The Balaban J connectivity index is 3.06. The van der Waals surface area contributed by atoms with Gasteiger partial charge in [0.15, 0.2) is 0 Å². The molecule has 0 aliphatic carbocycles. The van der Waals surface area contributed by atoms with Crippen molar-refractivity contribution in [1.29, 1.82) is 0 Å². The number of alkyl halides is 3. The third-order valence-corrected chi connectivity index (χ3v) is 3.15. The Hall–Kier alpha value is -0.243. The zero-order valence-corrected chi connectivity index (χ0v) is 11.3. The van der Waals surface area contributed by atoms with Crippen molar-refractivity contribution in [2.45, 2.75) is 19.3 Å². The van der Waals surface area contributed by atoms with Gasteiger partial charge in [-0.25, -0.2) is 0 Å². The highest BCUT2D eigenvalue weighted by molar-refractivity contribution is 14.1. The molecule has 0 unspecified atom stereocenters. The molecule has 0 saturated carbocycles. The second-order valence-electron chi connectivity index (χ2n) is 3.15. The Kier molecular flexibility index (Phi) is 4.04. The lowest BCUT2D eigenvalue weighted by atomic mass is 10.2. The summed E-state index contributed by atoms with van der Waals surface area (Å²) in [5, 5.41) is 0. The molecule has 1 aromatic rings. The van der Waals surface area contributed by atoms with Gasteiger partial charge in [0.25, 0.3) is 9.04 Å². The molecular weight excluding hydrogens is 336 g/mol. The summed E-state index contributed by atoms with van der Waals surface area (Å²) in [6.07, 6.45) is -4.32. The van der Waals surface area contributed by atoms with E-state index in [0.717, 1.165) is 6.07 Å². The molecule has 1 rings (SSSR count). The SMILES string of the molecule is C[Si](C)Oc1ccc(I)c(C(F)(F)F)c1. The minimum Gasteiger partial charge on any atom is -0.543 e. The Morgan fingerprint density at radius 3 is 2.33 bits per heavy atom. The van der Waals surface area contributed by atoms with Crippen LogP contribution >= 0.6 is 22.6 Å². The van der Waals surface area contributed by atoms with Gasteiger partial charge in [-0.2, -0.15) is 13.2 Å². The summed E-state index contributed by atoms with van der Waals surface area (Å²) in [7, 11) is -1.03. The van der Waals surface area contributed by atoms with Crippen LogP contribution in [-0.2, 0) is 6.18 Å². The second kappa shape index (κ2) is 4.73. The van der Waals surface area contributed by atoms with Crippen LogP contribution in [0.25, 0.3) is 0 Å². The molecule has 0 aliphatic heterocycles. The van der Waals surface area contributed by atoms with Crippen LogP contribution in [0.4, 0.5) is 13.2 Å². The first-order valence-corrected chi connectivity index (χ1v) is 7.64. The lowest BCUT2D eigenvalue weighted by Crippen LogP contribution is -2.13.